The minimum atomic E-state index is 0.282. The molecule has 1 amide bonds. The van der Waals surface area contributed by atoms with Gasteiger partial charge in [0.15, 0.2) is 0 Å². The van der Waals surface area contributed by atoms with Gasteiger partial charge in [-0.3, -0.25) is 4.79 Å². The largest absolute Gasteiger partial charge is 0.340 e. The molecular formula is C15H24N4O. The van der Waals surface area contributed by atoms with Crippen molar-refractivity contribution in [1.29, 1.82) is 0 Å². The molecule has 1 aliphatic heterocycles. The Bertz CT molecular complexity index is 488. The molecule has 0 unspecified atom stereocenters. The van der Waals surface area contributed by atoms with Gasteiger partial charge >= 0.3 is 0 Å². The molecule has 0 saturated carbocycles. The van der Waals surface area contributed by atoms with Crippen LogP contribution in [0.5, 0.6) is 0 Å². The minimum Gasteiger partial charge on any atom is -0.340 e. The van der Waals surface area contributed by atoms with E-state index in [1.54, 1.807) is 0 Å². The second-order valence-electron chi connectivity index (χ2n) is 5.79. The number of hydrogen-bond donors (Lipinski definition) is 1. The van der Waals surface area contributed by atoms with Crippen LogP contribution in [0.2, 0.25) is 0 Å². The van der Waals surface area contributed by atoms with E-state index in [9.17, 15) is 4.79 Å². The predicted octanol–water partition coefficient (Wildman–Crippen LogP) is 0.892. The van der Waals surface area contributed by atoms with Gasteiger partial charge in [0.05, 0.1) is 5.69 Å². The Morgan fingerprint density at radius 2 is 2.00 bits per heavy atom. The van der Waals surface area contributed by atoms with Crippen molar-refractivity contribution in [2.45, 2.75) is 45.6 Å². The van der Waals surface area contributed by atoms with Crippen molar-refractivity contribution in [2.75, 3.05) is 26.2 Å². The molecule has 2 heterocycles. The summed E-state index contributed by atoms with van der Waals surface area (Å²) in [6.45, 7) is 6.39. The summed E-state index contributed by atoms with van der Waals surface area (Å²) < 4.78 is 2.27. The van der Waals surface area contributed by atoms with Crippen LogP contribution >= 0.6 is 0 Å². The Morgan fingerprint density at radius 3 is 2.80 bits per heavy atom. The number of imidazole rings is 1. The standard InChI is InChI=1S/C15H24N4O/c1-12-17-13-4-2-3-5-14(13)19(12)9-6-15(20)18-10-7-16-8-11-18/h16H,2-11H2,1H3. The molecule has 1 saturated heterocycles. The summed E-state index contributed by atoms with van der Waals surface area (Å²) in [4.78, 5) is 18.9. The number of aromatic nitrogens is 2. The van der Waals surface area contributed by atoms with Gasteiger partial charge in [0.1, 0.15) is 5.82 Å². The fourth-order valence-corrected chi connectivity index (χ4v) is 3.31. The average Bonchev–Trinajstić information content (AvgIpc) is 2.81. The van der Waals surface area contributed by atoms with Gasteiger partial charge < -0.3 is 14.8 Å². The number of amides is 1. The Balaban J connectivity index is 1.63. The maximum atomic E-state index is 12.2. The van der Waals surface area contributed by atoms with Crippen molar-refractivity contribution < 1.29 is 4.79 Å². The van der Waals surface area contributed by atoms with E-state index in [1.165, 1.54) is 24.2 Å². The molecule has 0 bridgehead atoms. The Kier molecular flexibility index (Phi) is 4.05. The summed E-state index contributed by atoms with van der Waals surface area (Å²) in [5, 5.41) is 3.28. The molecule has 1 aromatic heterocycles. The van der Waals surface area contributed by atoms with Crippen LogP contribution in [-0.2, 0) is 24.2 Å². The van der Waals surface area contributed by atoms with Crippen LogP contribution in [0.4, 0.5) is 0 Å². The van der Waals surface area contributed by atoms with Crippen LogP contribution in [0, 0.1) is 6.92 Å². The monoisotopic (exact) mass is 276 g/mol. The second kappa shape index (κ2) is 5.95. The first-order valence-corrected chi connectivity index (χ1v) is 7.79. The zero-order valence-corrected chi connectivity index (χ0v) is 12.3. The predicted molar refractivity (Wildman–Crippen MR) is 77.7 cm³/mol. The van der Waals surface area contributed by atoms with E-state index in [0.29, 0.717) is 6.42 Å². The SMILES string of the molecule is Cc1nc2c(n1CCC(=O)N1CCNCC1)CCCC2. The van der Waals surface area contributed by atoms with Crippen LogP contribution in [-0.4, -0.2) is 46.5 Å². The third-order valence-electron chi connectivity index (χ3n) is 4.44. The zero-order valence-electron chi connectivity index (χ0n) is 12.3. The van der Waals surface area contributed by atoms with Gasteiger partial charge in [-0.1, -0.05) is 0 Å². The van der Waals surface area contributed by atoms with Gasteiger partial charge in [-0.05, 0) is 32.6 Å². The van der Waals surface area contributed by atoms with Crippen LogP contribution in [0.3, 0.4) is 0 Å². The van der Waals surface area contributed by atoms with Crippen LogP contribution < -0.4 is 5.32 Å². The Morgan fingerprint density at radius 1 is 1.25 bits per heavy atom. The molecule has 5 nitrogen and oxygen atoms in total. The fraction of sp³-hybridized carbons (Fsp3) is 0.733. The third-order valence-corrected chi connectivity index (χ3v) is 4.44. The van der Waals surface area contributed by atoms with Crippen LogP contribution in [0.15, 0.2) is 0 Å². The molecule has 1 fully saturated rings. The Hall–Kier alpha value is -1.36. The summed E-state index contributed by atoms with van der Waals surface area (Å²) in [7, 11) is 0. The number of carbonyl (C=O) groups is 1. The molecule has 1 N–H and O–H groups in total. The number of carbonyl (C=O) groups excluding carboxylic acids is 1. The lowest BCUT2D eigenvalue weighted by molar-refractivity contribution is -0.132. The summed E-state index contributed by atoms with van der Waals surface area (Å²) >= 11 is 0. The van der Waals surface area contributed by atoms with Crippen molar-refractivity contribution in [3.63, 3.8) is 0 Å². The third kappa shape index (κ3) is 2.73. The highest BCUT2D eigenvalue weighted by atomic mass is 16.2. The van der Waals surface area contributed by atoms with E-state index in [4.69, 9.17) is 0 Å². The molecular weight excluding hydrogens is 252 g/mol. The van der Waals surface area contributed by atoms with Crippen molar-refractivity contribution in [3.8, 4) is 0 Å². The first-order chi connectivity index (χ1) is 9.75. The highest BCUT2D eigenvalue weighted by molar-refractivity contribution is 5.76. The summed E-state index contributed by atoms with van der Waals surface area (Å²) in [5.41, 5.74) is 2.64. The number of piperazine rings is 1. The first-order valence-electron chi connectivity index (χ1n) is 7.79. The molecule has 20 heavy (non-hydrogen) atoms. The van der Waals surface area contributed by atoms with Gasteiger partial charge in [0.25, 0.3) is 0 Å². The number of hydrogen-bond acceptors (Lipinski definition) is 3. The minimum absolute atomic E-state index is 0.282. The van der Waals surface area contributed by atoms with E-state index in [-0.39, 0.29) is 5.91 Å². The Labute approximate surface area is 120 Å². The van der Waals surface area contributed by atoms with Gasteiger partial charge in [0, 0.05) is 44.8 Å². The van der Waals surface area contributed by atoms with Crippen LogP contribution in [0.1, 0.15) is 36.5 Å². The number of aryl methyl sites for hydroxylation is 2. The molecule has 5 heteroatoms. The maximum absolute atomic E-state index is 12.2. The van der Waals surface area contributed by atoms with Crippen LogP contribution in [0.25, 0.3) is 0 Å². The molecule has 0 radical (unpaired) electrons. The normalized spacial score (nSPS) is 18.9. The van der Waals surface area contributed by atoms with E-state index in [1.807, 2.05) is 4.90 Å². The highest BCUT2D eigenvalue weighted by Gasteiger charge is 2.20. The zero-order chi connectivity index (χ0) is 13.9. The number of fused-ring (bicyclic) bond motifs is 1. The fourth-order valence-electron chi connectivity index (χ4n) is 3.31. The van der Waals surface area contributed by atoms with E-state index in [2.05, 4.69) is 21.8 Å². The second-order valence-corrected chi connectivity index (χ2v) is 5.79. The summed E-state index contributed by atoms with van der Waals surface area (Å²) in [6.07, 6.45) is 5.34. The maximum Gasteiger partial charge on any atom is 0.224 e. The number of nitrogens with one attached hydrogen (secondary N) is 1. The molecule has 110 valence electrons. The molecule has 1 aromatic rings. The lowest BCUT2D eigenvalue weighted by atomic mass is 10.0. The van der Waals surface area contributed by atoms with E-state index in [0.717, 1.165) is 51.4 Å². The summed E-state index contributed by atoms with van der Waals surface area (Å²) in [6, 6.07) is 0. The van der Waals surface area contributed by atoms with Crippen molar-refractivity contribution in [1.82, 2.24) is 19.8 Å². The molecule has 0 spiro atoms. The van der Waals surface area contributed by atoms with E-state index >= 15 is 0 Å². The molecule has 1 aliphatic carbocycles. The highest BCUT2D eigenvalue weighted by Crippen LogP contribution is 2.22. The lowest BCUT2D eigenvalue weighted by Crippen LogP contribution is -2.46. The smallest absolute Gasteiger partial charge is 0.224 e. The average molecular weight is 276 g/mol. The summed E-state index contributed by atoms with van der Waals surface area (Å²) in [5.74, 6) is 1.36. The lowest BCUT2D eigenvalue weighted by Gasteiger charge is -2.27. The number of nitrogens with zero attached hydrogens (tertiary/aromatic N) is 3. The van der Waals surface area contributed by atoms with Crippen molar-refractivity contribution >= 4 is 5.91 Å². The van der Waals surface area contributed by atoms with Gasteiger partial charge in [-0.15, -0.1) is 0 Å². The topological polar surface area (TPSA) is 50.2 Å². The van der Waals surface area contributed by atoms with Gasteiger partial charge in [0.2, 0.25) is 5.91 Å². The van der Waals surface area contributed by atoms with Crippen molar-refractivity contribution in [2.24, 2.45) is 0 Å². The first kappa shape index (κ1) is 13.6. The van der Waals surface area contributed by atoms with Gasteiger partial charge in [-0.25, -0.2) is 4.98 Å². The molecule has 0 atom stereocenters. The van der Waals surface area contributed by atoms with Gasteiger partial charge in [-0.2, -0.15) is 0 Å². The quantitative estimate of drug-likeness (QED) is 0.892. The number of rotatable bonds is 3. The molecule has 2 aliphatic rings. The molecule has 0 aromatic carbocycles. The molecule has 3 rings (SSSR count). The van der Waals surface area contributed by atoms with Crippen molar-refractivity contribution in [3.05, 3.63) is 17.2 Å². The van der Waals surface area contributed by atoms with E-state index < -0.39 is 0 Å².